The summed E-state index contributed by atoms with van der Waals surface area (Å²) in [6, 6.07) is 8.10. The van der Waals surface area contributed by atoms with Crippen LogP contribution in [0, 0.1) is 41.5 Å². The Morgan fingerprint density at radius 3 is 1.21 bits per heavy atom. The van der Waals surface area contributed by atoms with E-state index in [9.17, 15) is 0 Å². The smallest absolute Gasteiger partial charge is 0.0558 e. The van der Waals surface area contributed by atoms with Crippen molar-refractivity contribution in [3.63, 3.8) is 0 Å². The third-order valence-corrected chi connectivity index (χ3v) is 2.91. The molecule has 0 aliphatic heterocycles. The molecular formula is C20H26N4. The van der Waals surface area contributed by atoms with Crippen molar-refractivity contribution < 1.29 is 0 Å². The van der Waals surface area contributed by atoms with Gasteiger partial charge in [-0.1, -0.05) is 12.1 Å². The molecule has 0 bridgehead atoms. The highest BCUT2D eigenvalue weighted by Gasteiger charge is 1.84. The van der Waals surface area contributed by atoms with Crippen LogP contribution in [-0.2, 0) is 0 Å². The molecule has 0 N–H and O–H groups in total. The van der Waals surface area contributed by atoms with Gasteiger partial charge in [0.05, 0.1) is 11.4 Å². The van der Waals surface area contributed by atoms with Crippen LogP contribution in [0.25, 0.3) is 0 Å². The van der Waals surface area contributed by atoms with Gasteiger partial charge in [0, 0.05) is 36.2 Å². The number of hydrogen-bond donors (Lipinski definition) is 0. The maximum absolute atomic E-state index is 4.17. The number of rotatable bonds is 0. The first-order valence-corrected chi connectivity index (χ1v) is 7.90. The summed E-state index contributed by atoms with van der Waals surface area (Å²) in [4.78, 5) is 16.2. The van der Waals surface area contributed by atoms with Crippen LogP contribution in [-0.4, -0.2) is 19.9 Å². The number of hydrogen-bond acceptors (Lipinski definition) is 4. The molecule has 0 atom stereocenters. The molecule has 0 radical (unpaired) electrons. The van der Waals surface area contributed by atoms with E-state index in [0.717, 1.165) is 22.8 Å². The Kier molecular flexibility index (Phi) is 8.26. The summed E-state index contributed by atoms with van der Waals surface area (Å²) in [5.74, 6) is 0. The van der Waals surface area contributed by atoms with Crippen LogP contribution in [0.2, 0.25) is 0 Å². The van der Waals surface area contributed by atoms with E-state index in [1.807, 2.05) is 72.1 Å². The van der Waals surface area contributed by atoms with Crippen LogP contribution in [0.5, 0.6) is 0 Å². The third-order valence-electron chi connectivity index (χ3n) is 2.91. The SMILES string of the molecule is Cc1cccc(C)n1.Cc1cncc(C)c1.Cc1cncc(C)n1. The van der Waals surface area contributed by atoms with Gasteiger partial charge in [-0.2, -0.15) is 0 Å². The Labute approximate surface area is 145 Å². The lowest BCUT2D eigenvalue weighted by Gasteiger charge is -1.90. The average Bonchev–Trinajstić information content (AvgIpc) is 2.47. The molecular weight excluding hydrogens is 296 g/mol. The van der Waals surface area contributed by atoms with Gasteiger partial charge >= 0.3 is 0 Å². The van der Waals surface area contributed by atoms with E-state index < -0.39 is 0 Å². The third kappa shape index (κ3) is 8.73. The van der Waals surface area contributed by atoms with Crippen molar-refractivity contribution in [1.82, 2.24) is 19.9 Å². The van der Waals surface area contributed by atoms with E-state index in [1.165, 1.54) is 11.1 Å². The molecule has 24 heavy (non-hydrogen) atoms. The van der Waals surface area contributed by atoms with E-state index in [0.29, 0.717) is 0 Å². The molecule has 0 saturated heterocycles. The zero-order valence-electron chi connectivity index (χ0n) is 15.4. The van der Waals surface area contributed by atoms with Gasteiger partial charge in [-0.05, 0) is 64.8 Å². The topological polar surface area (TPSA) is 51.6 Å². The molecule has 0 spiro atoms. The van der Waals surface area contributed by atoms with Gasteiger partial charge in [-0.15, -0.1) is 0 Å². The molecule has 3 rings (SSSR count). The van der Waals surface area contributed by atoms with Crippen LogP contribution in [0.15, 0.2) is 49.1 Å². The maximum Gasteiger partial charge on any atom is 0.0558 e. The minimum absolute atomic E-state index is 0.977. The van der Waals surface area contributed by atoms with Gasteiger partial charge in [0.1, 0.15) is 0 Å². The lowest BCUT2D eigenvalue weighted by Crippen LogP contribution is -1.85. The van der Waals surface area contributed by atoms with Gasteiger partial charge in [0.15, 0.2) is 0 Å². The van der Waals surface area contributed by atoms with Crippen molar-refractivity contribution in [3.8, 4) is 0 Å². The number of pyridine rings is 2. The molecule has 3 heterocycles. The van der Waals surface area contributed by atoms with Crippen molar-refractivity contribution in [2.75, 3.05) is 0 Å². The first kappa shape index (κ1) is 19.4. The first-order chi connectivity index (χ1) is 11.4. The van der Waals surface area contributed by atoms with E-state index in [4.69, 9.17) is 0 Å². The van der Waals surface area contributed by atoms with E-state index in [-0.39, 0.29) is 0 Å². The van der Waals surface area contributed by atoms with Crippen LogP contribution in [0.4, 0.5) is 0 Å². The Morgan fingerprint density at radius 2 is 0.958 bits per heavy atom. The Balaban J connectivity index is 0.000000180. The second kappa shape index (κ2) is 10.2. The summed E-state index contributed by atoms with van der Waals surface area (Å²) in [5, 5.41) is 0. The number of aromatic nitrogens is 4. The van der Waals surface area contributed by atoms with Crippen molar-refractivity contribution >= 4 is 0 Å². The van der Waals surface area contributed by atoms with Gasteiger partial charge in [-0.3, -0.25) is 19.9 Å². The molecule has 0 aromatic carbocycles. The first-order valence-electron chi connectivity index (χ1n) is 7.90. The predicted octanol–water partition coefficient (Wildman–Crippen LogP) is 4.49. The van der Waals surface area contributed by atoms with Gasteiger partial charge in [0.25, 0.3) is 0 Å². The highest BCUT2D eigenvalue weighted by molar-refractivity contribution is 5.14. The predicted molar refractivity (Wildman–Crippen MR) is 98.9 cm³/mol. The standard InChI is InChI=1S/2C7H9N.C6H8N2/c1-6-3-7(2)5-8-4-6;1-6-4-3-5-7(2)8-6;1-5-3-7-4-6(2)8-5/h2*3-5H,1-2H3;3-4H,1-2H3. The van der Waals surface area contributed by atoms with Gasteiger partial charge < -0.3 is 0 Å². The van der Waals surface area contributed by atoms with Crippen LogP contribution >= 0.6 is 0 Å². The van der Waals surface area contributed by atoms with Gasteiger partial charge in [0.2, 0.25) is 0 Å². The molecule has 0 unspecified atom stereocenters. The molecule has 4 nitrogen and oxygen atoms in total. The number of aryl methyl sites for hydroxylation is 6. The Morgan fingerprint density at radius 1 is 0.542 bits per heavy atom. The monoisotopic (exact) mass is 322 g/mol. The molecule has 0 amide bonds. The summed E-state index contributed by atoms with van der Waals surface area (Å²) in [5.41, 5.74) is 6.58. The fraction of sp³-hybridized carbons (Fsp3) is 0.300. The maximum atomic E-state index is 4.17. The quantitative estimate of drug-likeness (QED) is 0.612. The molecule has 0 aliphatic carbocycles. The highest BCUT2D eigenvalue weighted by Crippen LogP contribution is 1.97. The van der Waals surface area contributed by atoms with Gasteiger partial charge in [-0.25, -0.2) is 0 Å². The lowest BCUT2D eigenvalue weighted by molar-refractivity contribution is 1.05. The molecule has 126 valence electrons. The molecule has 0 saturated carbocycles. The Bertz CT molecular complexity index is 599. The van der Waals surface area contributed by atoms with E-state index in [1.54, 1.807) is 12.4 Å². The number of nitrogens with zero attached hydrogens (tertiary/aromatic N) is 4. The summed E-state index contributed by atoms with van der Waals surface area (Å²) < 4.78 is 0. The van der Waals surface area contributed by atoms with Crippen molar-refractivity contribution in [2.24, 2.45) is 0 Å². The van der Waals surface area contributed by atoms with E-state index in [2.05, 4.69) is 26.0 Å². The lowest BCUT2D eigenvalue weighted by atomic mass is 10.2. The largest absolute Gasteiger partial charge is 0.264 e. The molecule has 0 fully saturated rings. The van der Waals surface area contributed by atoms with Crippen molar-refractivity contribution in [1.29, 1.82) is 0 Å². The molecule has 3 aromatic rings. The van der Waals surface area contributed by atoms with Crippen LogP contribution in [0.1, 0.15) is 33.9 Å². The zero-order valence-corrected chi connectivity index (χ0v) is 15.4. The normalized spacial score (nSPS) is 9.25. The summed E-state index contributed by atoms with van der Waals surface area (Å²) in [6.45, 7) is 11.9. The molecule has 3 aromatic heterocycles. The second-order valence-corrected chi connectivity index (χ2v) is 5.76. The minimum Gasteiger partial charge on any atom is -0.264 e. The van der Waals surface area contributed by atoms with Crippen LogP contribution in [0.3, 0.4) is 0 Å². The van der Waals surface area contributed by atoms with Crippen molar-refractivity contribution in [2.45, 2.75) is 41.5 Å². The van der Waals surface area contributed by atoms with Crippen LogP contribution < -0.4 is 0 Å². The molecule has 0 aliphatic rings. The fourth-order valence-corrected chi connectivity index (χ4v) is 1.97. The second-order valence-electron chi connectivity index (χ2n) is 5.76. The summed E-state index contributed by atoms with van der Waals surface area (Å²) in [7, 11) is 0. The minimum atomic E-state index is 0.977. The summed E-state index contributed by atoms with van der Waals surface area (Å²) >= 11 is 0. The zero-order chi connectivity index (χ0) is 17.9. The summed E-state index contributed by atoms with van der Waals surface area (Å²) in [6.07, 6.45) is 7.19. The highest BCUT2D eigenvalue weighted by atomic mass is 14.8. The van der Waals surface area contributed by atoms with Crippen molar-refractivity contribution in [3.05, 3.63) is 83.0 Å². The average molecular weight is 322 g/mol. The Hall–Kier alpha value is -2.62. The van der Waals surface area contributed by atoms with E-state index >= 15 is 0 Å². The molecule has 4 heteroatoms. The fourth-order valence-electron chi connectivity index (χ4n) is 1.97.